The molecule has 0 unspecified atom stereocenters. The van der Waals surface area contributed by atoms with Gasteiger partial charge in [-0.3, -0.25) is 24.2 Å². The number of likely N-dealkylation sites (tertiary alicyclic amines) is 1. The lowest BCUT2D eigenvalue weighted by Crippen LogP contribution is -2.42. The van der Waals surface area contributed by atoms with E-state index < -0.39 is 0 Å². The van der Waals surface area contributed by atoms with Crippen molar-refractivity contribution in [3.05, 3.63) is 65.2 Å². The Morgan fingerprint density at radius 2 is 1.79 bits per heavy atom. The van der Waals surface area contributed by atoms with Crippen LogP contribution in [0.3, 0.4) is 0 Å². The number of amides is 3. The molecule has 2 fully saturated rings. The number of aromatic nitrogens is 1. The predicted molar refractivity (Wildman–Crippen MR) is 127 cm³/mol. The number of fused-ring (bicyclic) bond motifs is 6. The Balaban J connectivity index is 1.38. The van der Waals surface area contributed by atoms with E-state index in [-0.39, 0.29) is 47.9 Å². The molecule has 4 atom stereocenters. The van der Waals surface area contributed by atoms with Crippen molar-refractivity contribution in [3.8, 4) is 0 Å². The van der Waals surface area contributed by atoms with Gasteiger partial charge in [0.1, 0.15) is 6.54 Å². The molecule has 3 amide bonds. The summed E-state index contributed by atoms with van der Waals surface area (Å²) >= 11 is 7.75. The summed E-state index contributed by atoms with van der Waals surface area (Å²) < 4.78 is 0.940. The lowest BCUT2D eigenvalue weighted by atomic mass is 9.85. The molecule has 0 N–H and O–H groups in total. The highest BCUT2D eigenvalue weighted by molar-refractivity contribution is 7.22. The highest BCUT2D eigenvalue weighted by Crippen LogP contribution is 2.52. The second-order valence-electron chi connectivity index (χ2n) is 8.84. The summed E-state index contributed by atoms with van der Waals surface area (Å²) in [6, 6.07) is 13.0. The molecule has 2 heterocycles. The molecule has 2 bridgehead atoms. The third-order valence-corrected chi connectivity index (χ3v) is 8.49. The van der Waals surface area contributed by atoms with Crippen LogP contribution in [0.4, 0.5) is 10.8 Å². The molecule has 6 nitrogen and oxygen atoms in total. The van der Waals surface area contributed by atoms with Gasteiger partial charge in [-0.25, -0.2) is 4.98 Å². The Labute approximate surface area is 199 Å². The van der Waals surface area contributed by atoms with E-state index in [4.69, 9.17) is 11.6 Å². The van der Waals surface area contributed by atoms with E-state index in [0.717, 1.165) is 27.1 Å². The zero-order valence-corrected chi connectivity index (χ0v) is 19.3. The molecule has 2 aromatic carbocycles. The van der Waals surface area contributed by atoms with Gasteiger partial charge in [0, 0.05) is 5.02 Å². The van der Waals surface area contributed by atoms with Crippen LogP contribution in [0.15, 0.2) is 54.6 Å². The lowest BCUT2D eigenvalue weighted by Gasteiger charge is -2.25. The number of nitrogens with zero attached hydrogens (tertiary/aromatic N) is 3. The number of rotatable bonds is 4. The summed E-state index contributed by atoms with van der Waals surface area (Å²) in [7, 11) is 0. The minimum Gasteiger partial charge on any atom is -0.274 e. The number of halogens is 1. The molecule has 0 radical (unpaired) electrons. The number of benzene rings is 2. The van der Waals surface area contributed by atoms with Crippen LogP contribution in [-0.4, -0.2) is 34.2 Å². The van der Waals surface area contributed by atoms with Gasteiger partial charge in [-0.05, 0) is 55.0 Å². The van der Waals surface area contributed by atoms with Crippen molar-refractivity contribution in [1.29, 1.82) is 0 Å². The lowest BCUT2D eigenvalue weighted by molar-refractivity contribution is -0.143. The van der Waals surface area contributed by atoms with Crippen LogP contribution in [0.1, 0.15) is 12.0 Å². The van der Waals surface area contributed by atoms with Crippen LogP contribution in [0.5, 0.6) is 0 Å². The number of anilines is 2. The molecular weight excluding hydrogens is 458 g/mol. The maximum atomic E-state index is 13.7. The molecule has 6 rings (SSSR count). The van der Waals surface area contributed by atoms with Crippen LogP contribution in [-0.2, 0) is 14.4 Å². The molecule has 8 heteroatoms. The van der Waals surface area contributed by atoms with Crippen LogP contribution >= 0.6 is 22.9 Å². The molecule has 166 valence electrons. The number of hydrogen-bond donors (Lipinski definition) is 0. The monoisotopic (exact) mass is 477 g/mol. The summed E-state index contributed by atoms with van der Waals surface area (Å²) in [5, 5.41) is 1.00. The van der Waals surface area contributed by atoms with Gasteiger partial charge in [0.15, 0.2) is 5.13 Å². The molecule has 3 aromatic rings. The van der Waals surface area contributed by atoms with Gasteiger partial charge in [0.05, 0.1) is 27.7 Å². The highest BCUT2D eigenvalue weighted by Gasteiger charge is 2.59. The maximum absolute atomic E-state index is 13.7. The molecule has 1 saturated heterocycles. The van der Waals surface area contributed by atoms with E-state index in [1.54, 1.807) is 18.2 Å². The first-order valence-corrected chi connectivity index (χ1v) is 12.1. The smallest absolute Gasteiger partial charge is 0.253 e. The number of thiazole rings is 1. The normalized spacial score (nSPS) is 25.3. The standard InChI is InChI=1S/C25H20ClN3O3S/c1-13-16(26)5-4-7-18(13)29(25-27-17-6-2-3-8-19(17)33-25)20(30)12-28-23(31)21-14-9-10-15(11-14)22(21)24(28)32/h2-10,14-15,21-22H,11-12H2,1H3/t14-,15-,21-,22+/m0/s1. The molecule has 33 heavy (non-hydrogen) atoms. The Bertz CT molecular complexity index is 1300. The van der Waals surface area contributed by atoms with Crippen molar-refractivity contribution in [1.82, 2.24) is 9.88 Å². The zero-order chi connectivity index (χ0) is 22.9. The van der Waals surface area contributed by atoms with Crippen LogP contribution in [0.2, 0.25) is 5.02 Å². The van der Waals surface area contributed by atoms with E-state index in [2.05, 4.69) is 4.98 Å². The van der Waals surface area contributed by atoms with E-state index in [1.165, 1.54) is 16.2 Å². The summed E-state index contributed by atoms with van der Waals surface area (Å²) in [6.07, 6.45) is 4.95. The Morgan fingerprint density at radius 1 is 1.09 bits per heavy atom. The summed E-state index contributed by atoms with van der Waals surface area (Å²) in [5.41, 5.74) is 2.10. The summed E-state index contributed by atoms with van der Waals surface area (Å²) in [5.74, 6) is -1.31. The largest absolute Gasteiger partial charge is 0.274 e. The van der Waals surface area contributed by atoms with Crippen LogP contribution in [0, 0.1) is 30.6 Å². The van der Waals surface area contributed by atoms with E-state index in [9.17, 15) is 14.4 Å². The molecule has 1 aliphatic heterocycles. The third kappa shape index (κ3) is 3.06. The van der Waals surface area contributed by atoms with Crippen LogP contribution in [0.25, 0.3) is 10.2 Å². The van der Waals surface area contributed by atoms with Crippen LogP contribution < -0.4 is 4.90 Å². The van der Waals surface area contributed by atoms with Crippen molar-refractivity contribution < 1.29 is 14.4 Å². The first kappa shape index (κ1) is 20.6. The van der Waals surface area contributed by atoms with Crippen molar-refractivity contribution in [2.45, 2.75) is 13.3 Å². The number of carbonyl (C=O) groups is 3. The first-order valence-electron chi connectivity index (χ1n) is 10.9. The van der Waals surface area contributed by atoms with Crippen molar-refractivity contribution >= 4 is 61.7 Å². The Morgan fingerprint density at radius 3 is 2.48 bits per heavy atom. The third-order valence-electron chi connectivity index (χ3n) is 7.06. The molecular formula is C25H20ClN3O3S. The number of hydrogen-bond acceptors (Lipinski definition) is 5. The minimum absolute atomic E-state index is 0.104. The van der Waals surface area contributed by atoms with Crippen molar-refractivity contribution in [3.63, 3.8) is 0 Å². The first-order chi connectivity index (χ1) is 15.9. The highest BCUT2D eigenvalue weighted by atomic mass is 35.5. The Hall–Kier alpha value is -3.03. The van der Waals surface area contributed by atoms with E-state index >= 15 is 0 Å². The van der Waals surface area contributed by atoms with Gasteiger partial charge in [-0.2, -0.15) is 0 Å². The second-order valence-corrected chi connectivity index (χ2v) is 10.3. The summed E-state index contributed by atoms with van der Waals surface area (Å²) in [6.45, 7) is 1.52. The van der Waals surface area contributed by atoms with Gasteiger partial charge < -0.3 is 0 Å². The predicted octanol–water partition coefficient (Wildman–Crippen LogP) is 4.73. The minimum atomic E-state index is -0.388. The molecule has 1 saturated carbocycles. The van der Waals surface area contributed by atoms with Gasteiger partial charge in [-0.15, -0.1) is 0 Å². The molecule has 2 aliphatic carbocycles. The van der Waals surface area contributed by atoms with Gasteiger partial charge in [0.2, 0.25) is 11.8 Å². The molecule has 1 aromatic heterocycles. The number of carbonyl (C=O) groups excluding carboxylic acids is 3. The fourth-order valence-corrected chi connectivity index (χ4v) is 6.63. The van der Waals surface area contributed by atoms with E-state index in [1.807, 2.05) is 43.3 Å². The average Bonchev–Trinajstić information content (AvgIpc) is 3.57. The average molecular weight is 478 g/mol. The van der Waals surface area contributed by atoms with Gasteiger partial charge in [-0.1, -0.05) is 53.3 Å². The SMILES string of the molecule is Cc1c(Cl)cccc1N(C(=O)CN1C(=O)[C@@H]2[C@H](C1=O)[C@H]1C=C[C@H]2C1)c1nc2ccccc2s1. The van der Waals surface area contributed by atoms with Crippen molar-refractivity contribution in [2.24, 2.45) is 23.7 Å². The number of imide groups is 1. The summed E-state index contributed by atoms with van der Waals surface area (Å²) in [4.78, 5) is 47.3. The quantitative estimate of drug-likeness (QED) is 0.402. The number of para-hydroxylation sites is 1. The fourth-order valence-electron chi connectivity index (χ4n) is 5.46. The zero-order valence-electron chi connectivity index (χ0n) is 17.8. The maximum Gasteiger partial charge on any atom is 0.253 e. The molecule has 3 aliphatic rings. The topological polar surface area (TPSA) is 70.6 Å². The second kappa shape index (κ2) is 7.50. The van der Waals surface area contributed by atoms with Crippen molar-refractivity contribution in [2.75, 3.05) is 11.4 Å². The number of allylic oxidation sites excluding steroid dienone is 2. The Kier molecular flexibility index (Phi) is 4.67. The fraction of sp³-hybridized carbons (Fsp3) is 0.280. The van der Waals surface area contributed by atoms with Gasteiger partial charge >= 0.3 is 0 Å². The molecule has 0 spiro atoms. The van der Waals surface area contributed by atoms with E-state index in [0.29, 0.717) is 15.8 Å². The van der Waals surface area contributed by atoms with Gasteiger partial charge in [0.25, 0.3) is 5.91 Å².